The molecule has 0 aromatic carbocycles. The van der Waals surface area contributed by atoms with Crippen LogP contribution in [-0.4, -0.2) is 10.5 Å². The molecule has 14 heavy (non-hydrogen) atoms. The van der Waals surface area contributed by atoms with Gasteiger partial charge in [-0.25, -0.2) is 4.98 Å². The minimum Gasteiger partial charge on any atom is -0.365 e. The molecule has 1 aromatic heterocycles. The summed E-state index contributed by atoms with van der Waals surface area (Å²) >= 11 is 0. The van der Waals surface area contributed by atoms with Gasteiger partial charge in [-0.15, -0.1) is 0 Å². The second kappa shape index (κ2) is 3.26. The molecule has 1 fully saturated rings. The molecular formula is C12H18N2. The van der Waals surface area contributed by atoms with Crippen LogP contribution in [0.25, 0.3) is 0 Å². The molecule has 2 heteroatoms. The number of nitrogens with one attached hydrogen (secondary N) is 1. The van der Waals surface area contributed by atoms with Crippen LogP contribution in [0.1, 0.15) is 32.3 Å². The molecule has 0 saturated heterocycles. The van der Waals surface area contributed by atoms with Crippen LogP contribution in [0.5, 0.6) is 0 Å². The summed E-state index contributed by atoms with van der Waals surface area (Å²) in [4.78, 5) is 4.32. The van der Waals surface area contributed by atoms with Crippen LogP contribution in [0.4, 0.5) is 5.82 Å². The van der Waals surface area contributed by atoms with E-state index < -0.39 is 0 Å². The van der Waals surface area contributed by atoms with E-state index in [4.69, 9.17) is 0 Å². The fraction of sp³-hybridized carbons (Fsp3) is 0.583. The van der Waals surface area contributed by atoms with E-state index in [2.05, 4.69) is 37.1 Å². The number of pyridine rings is 1. The number of hydrogen-bond donors (Lipinski definition) is 1. The van der Waals surface area contributed by atoms with Crippen molar-refractivity contribution in [1.82, 2.24) is 4.98 Å². The Morgan fingerprint density at radius 2 is 2.14 bits per heavy atom. The average Bonchev–Trinajstić information content (AvgIpc) is 2.84. The van der Waals surface area contributed by atoms with Gasteiger partial charge in [0, 0.05) is 11.7 Å². The molecule has 0 bridgehead atoms. The van der Waals surface area contributed by atoms with Crippen molar-refractivity contribution >= 4 is 5.82 Å². The van der Waals surface area contributed by atoms with Crippen LogP contribution in [0.15, 0.2) is 18.3 Å². The predicted molar refractivity (Wildman–Crippen MR) is 59.4 cm³/mol. The molecule has 1 aliphatic carbocycles. The van der Waals surface area contributed by atoms with E-state index in [1.54, 1.807) is 0 Å². The van der Waals surface area contributed by atoms with Gasteiger partial charge in [-0.3, -0.25) is 0 Å². The lowest BCUT2D eigenvalue weighted by Gasteiger charge is -2.26. The molecule has 0 radical (unpaired) electrons. The summed E-state index contributed by atoms with van der Waals surface area (Å²) in [6.07, 6.45) is 4.57. The summed E-state index contributed by atoms with van der Waals surface area (Å²) in [6.45, 7) is 6.61. The van der Waals surface area contributed by atoms with Crippen LogP contribution in [-0.2, 0) is 0 Å². The molecule has 2 rings (SSSR count). The van der Waals surface area contributed by atoms with Gasteiger partial charge in [0.05, 0.1) is 0 Å². The highest BCUT2D eigenvalue weighted by Crippen LogP contribution is 2.40. The number of aromatic nitrogens is 1. The Morgan fingerprint density at radius 3 is 2.71 bits per heavy atom. The second-order valence-corrected chi connectivity index (χ2v) is 4.84. The predicted octanol–water partition coefficient (Wildman–Crippen LogP) is 2.99. The summed E-state index contributed by atoms with van der Waals surface area (Å²) in [5.41, 5.74) is 1.45. The molecule has 0 spiro atoms. The molecule has 76 valence electrons. The van der Waals surface area contributed by atoms with Crippen LogP contribution < -0.4 is 5.32 Å². The molecular weight excluding hydrogens is 172 g/mol. The lowest BCUT2D eigenvalue weighted by molar-refractivity contribution is 0.492. The summed E-state index contributed by atoms with van der Waals surface area (Å²) in [5.74, 6) is 1.83. The van der Waals surface area contributed by atoms with Crippen LogP contribution in [0.2, 0.25) is 0 Å². The third-order valence-corrected chi connectivity index (χ3v) is 2.96. The zero-order valence-electron chi connectivity index (χ0n) is 9.17. The van der Waals surface area contributed by atoms with Gasteiger partial charge in [-0.2, -0.15) is 0 Å². The largest absolute Gasteiger partial charge is 0.365 e. The van der Waals surface area contributed by atoms with Crippen molar-refractivity contribution in [2.75, 3.05) is 5.32 Å². The first kappa shape index (κ1) is 9.50. The highest BCUT2D eigenvalue weighted by molar-refractivity contribution is 5.40. The Bertz CT molecular complexity index is 327. The van der Waals surface area contributed by atoms with Gasteiger partial charge < -0.3 is 5.32 Å². The maximum atomic E-state index is 4.32. The van der Waals surface area contributed by atoms with Crippen LogP contribution in [0, 0.1) is 12.8 Å². The number of rotatable bonds is 3. The first-order valence-electron chi connectivity index (χ1n) is 5.29. The van der Waals surface area contributed by atoms with Crippen molar-refractivity contribution in [3.63, 3.8) is 0 Å². The van der Waals surface area contributed by atoms with Gasteiger partial charge in [0.2, 0.25) is 0 Å². The lowest BCUT2D eigenvalue weighted by Crippen LogP contribution is -2.33. The first-order valence-corrected chi connectivity index (χ1v) is 5.29. The quantitative estimate of drug-likeness (QED) is 0.792. The Hall–Kier alpha value is -1.05. The van der Waals surface area contributed by atoms with Crippen LogP contribution >= 0.6 is 0 Å². The van der Waals surface area contributed by atoms with Crippen LogP contribution in [0.3, 0.4) is 0 Å². The molecule has 0 atom stereocenters. The third kappa shape index (κ3) is 2.06. The fourth-order valence-electron chi connectivity index (χ4n) is 1.84. The monoisotopic (exact) mass is 190 g/mol. The van der Waals surface area contributed by atoms with Crippen molar-refractivity contribution < 1.29 is 0 Å². The standard InChI is InChI=1S/C12H18N2/c1-9-6-7-13-11(8-9)14-12(2,3)10-4-5-10/h6-8,10H,4-5H2,1-3H3,(H,13,14). The molecule has 1 aliphatic rings. The topological polar surface area (TPSA) is 24.9 Å². The van der Waals surface area contributed by atoms with E-state index in [0.29, 0.717) is 0 Å². The van der Waals surface area contributed by atoms with Crippen molar-refractivity contribution in [2.24, 2.45) is 5.92 Å². The van der Waals surface area contributed by atoms with E-state index >= 15 is 0 Å². The van der Waals surface area contributed by atoms with Crippen molar-refractivity contribution in [1.29, 1.82) is 0 Å². The zero-order valence-corrected chi connectivity index (χ0v) is 9.17. The zero-order chi connectivity index (χ0) is 10.2. The maximum Gasteiger partial charge on any atom is 0.126 e. The van der Waals surface area contributed by atoms with E-state index in [0.717, 1.165) is 11.7 Å². The van der Waals surface area contributed by atoms with Gasteiger partial charge in [-0.1, -0.05) is 0 Å². The highest BCUT2D eigenvalue weighted by Gasteiger charge is 2.37. The molecule has 1 heterocycles. The number of nitrogens with zero attached hydrogens (tertiary/aromatic N) is 1. The first-order chi connectivity index (χ1) is 6.58. The highest BCUT2D eigenvalue weighted by atomic mass is 15.1. The Labute approximate surface area is 85.7 Å². The normalized spacial score (nSPS) is 16.8. The average molecular weight is 190 g/mol. The molecule has 1 saturated carbocycles. The van der Waals surface area contributed by atoms with Crippen molar-refractivity contribution in [3.8, 4) is 0 Å². The number of aryl methyl sites for hydroxylation is 1. The summed E-state index contributed by atoms with van der Waals surface area (Å²) in [5, 5.41) is 3.51. The molecule has 0 amide bonds. The SMILES string of the molecule is Cc1ccnc(NC(C)(C)C2CC2)c1. The van der Waals surface area contributed by atoms with Crippen molar-refractivity contribution in [3.05, 3.63) is 23.9 Å². The van der Waals surface area contributed by atoms with E-state index in [1.807, 2.05) is 12.3 Å². The fourth-order valence-corrected chi connectivity index (χ4v) is 1.84. The third-order valence-electron chi connectivity index (χ3n) is 2.96. The molecule has 1 N–H and O–H groups in total. The smallest absolute Gasteiger partial charge is 0.126 e. The van der Waals surface area contributed by atoms with Gasteiger partial charge >= 0.3 is 0 Å². The van der Waals surface area contributed by atoms with E-state index in [1.165, 1.54) is 18.4 Å². The van der Waals surface area contributed by atoms with Gasteiger partial charge in [0.15, 0.2) is 0 Å². The molecule has 0 unspecified atom stereocenters. The Balaban J connectivity index is 2.09. The summed E-state index contributed by atoms with van der Waals surface area (Å²) in [6, 6.07) is 4.12. The maximum absolute atomic E-state index is 4.32. The van der Waals surface area contributed by atoms with E-state index in [-0.39, 0.29) is 5.54 Å². The number of hydrogen-bond acceptors (Lipinski definition) is 2. The van der Waals surface area contributed by atoms with Gasteiger partial charge in [-0.05, 0) is 57.2 Å². The van der Waals surface area contributed by atoms with Gasteiger partial charge in [0.25, 0.3) is 0 Å². The van der Waals surface area contributed by atoms with Crippen molar-refractivity contribution in [2.45, 2.75) is 39.2 Å². The van der Waals surface area contributed by atoms with E-state index in [9.17, 15) is 0 Å². The summed E-state index contributed by atoms with van der Waals surface area (Å²) in [7, 11) is 0. The lowest BCUT2D eigenvalue weighted by atomic mass is 9.99. The number of anilines is 1. The minimum atomic E-state index is 0.195. The van der Waals surface area contributed by atoms with Gasteiger partial charge in [0.1, 0.15) is 5.82 Å². The Kier molecular flexibility index (Phi) is 2.22. The second-order valence-electron chi connectivity index (χ2n) is 4.84. The molecule has 2 nitrogen and oxygen atoms in total. The molecule has 1 aromatic rings. The Morgan fingerprint density at radius 1 is 1.43 bits per heavy atom. The molecule has 0 aliphatic heterocycles. The minimum absolute atomic E-state index is 0.195. The summed E-state index contributed by atoms with van der Waals surface area (Å²) < 4.78 is 0.